The summed E-state index contributed by atoms with van der Waals surface area (Å²) in [6.07, 6.45) is 2.20. The molecule has 0 spiro atoms. The first-order chi connectivity index (χ1) is 49.7. The van der Waals surface area contributed by atoms with Gasteiger partial charge in [-0.05, 0) is 107 Å². The van der Waals surface area contributed by atoms with Crippen molar-refractivity contribution in [3.63, 3.8) is 0 Å². The molecule has 0 unspecified atom stereocenters. The van der Waals surface area contributed by atoms with E-state index < -0.39 is 125 Å². The average Bonchev–Trinajstić information content (AvgIpc) is 1.74. The molecule has 105 heavy (non-hydrogen) atoms. The summed E-state index contributed by atoms with van der Waals surface area (Å²) in [5.74, 6) is -11.6. The minimum Gasteiger partial charge on any atom is -0.508 e. The minimum absolute atomic E-state index is 0.0189. The Hall–Kier alpha value is -9.49. The van der Waals surface area contributed by atoms with Gasteiger partial charge in [-0.2, -0.15) is 0 Å². The summed E-state index contributed by atoms with van der Waals surface area (Å²) >= 11 is 0. The van der Waals surface area contributed by atoms with Crippen LogP contribution >= 0.6 is 0 Å². The topological polar surface area (TPSA) is 547 Å². The summed E-state index contributed by atoms with van der Waals surface area (Å²) in [4.78, 5) is 195. The van der Waals surface area contributed by atoms with E-state index in [1.54, 1.807) is 47.3 Å². The molecule has 9 amide bonds. The van der Waals surface area contributed by atoms with Crippen molar-refractivity contribution < 1.29 is 87.9 Å². The molecule has 0 aromatic heterocycles. The van der Waals surface area contributed by atoms with Crippen LogP contribution < -0.4 is 54.8 Å². The van der Waals surface area contributed by atoms with E-state index in [0.717, 1.165) is 0 Å². The molecule has 3 aliphatic heterocycles. The number of nitrogens with zero attached hydrogens (tertiary/aromatic N) is 9. The minimum atomic E-state index is -1.39. The van der Waals surface area contributed by atoms with Gasteiger partial charge in [-0.25, -0.2) is 4.79 Å². The second-order valence-corrected chi connectivity index (χ2v) is 27.5. The molecular weight excluding hydrogens is 1370 g/mol. The third-order valence-corrected chi connectivity index (χ3v) is 18.7. The fourth-order valence-electron chi connectivity index (χ4n) is 12.9. The molecule has 19 N–H and O–H groups in total. The fraction of sp³-hybridized carbons (Fsp3) is 0.691. The number of nitrogens with one attached hydrogen (secondary N) is 6. The zero-order valence-corrected chi connectivity index (χ0v) is 61.4. The molecule has 0 aliphatic carbocycles. The Balaban J connectivity index is 1.54. The molecular formula is C68H113N19O18. The van der Waals surface area contributed by atoms with E-state index >= 15 is 4.79 Å². The van der Waals surface area contributed by atoms with Gasteiger partial charge in [-0.3, -0.25) is 87.1 Å². The predicted octanol–water partition coefficient (Wildman–Crippen LogP) is -3.77. The third kappa shape index (κ3) is 31.4. The van der Waals surface area contributed by atoms with Crippen molar-refractivity contribution in [2.75, 3.05) is 118 Å². The van der Waals surface area contributed by atoms with Crippen LogP contribution in [0.5, 0.6) is 5.75 Å². The van der Waals surface area contributed by atoms with E-state index in [9.17, 15) is 83.1 Å². The Morgan fingerprint density at radius 1 is 0.552 bits per heavy atom. The van der Waals surface area contributed by atoms with Gasteiger partial charge in [0.2, 0.25) is 53.2 Å². The molecule has 9 atom stereocenters. The highest BCUT2D eigenvalue weighted by atomic mass is 16.4. The number of hydrogen-bond acceptors (Lipinski definition) is 20. The predicted molar refractivity (Wildman–Crippen MR) is 385 cm³/mol. The van der Waals surface area contributed by atoms with Crippen molar-refractivity contribution in [3.8, 4) is 5.75 Å². The first-order valence-electron chi connectivity index (χ1n) is 36.0. The van der Waals surface area contributed by atoms with E-state index in [1.165, 1.54) is 52.9 Å². The van der Waals surface area contributed by atoms with Gasteiger partial charge >= 0.3 is 23.9 Å². The summed E-state index contributed by atoms with van der Waals surface area (Å²) in [5, 5.41) is 65.3. The quantitative estimate of drug-likeness (QED) is 0.0170. The molecule has 4 rings (SSSR count). The van der Waals surface area contributed by atoms with Gasteiger partial charge in [0.25, 0.3) is 0 Å². The van der Waals surface area contributed by atoms with Gasteiger partial charge in [0.05, 0.1) is 26.2 Å². The molecule has 1 aromatic rings. The van der Waals surface area contributed by atoms with Crippen LogP contribution in [0, 0.1) is 11.8 Å². The number of rotatable bonds is 41. The van der Waals surface area contributed by atoms with E-state index in [-0.39, 0.29) is 199 Å². The van der Waals surface area contributed by atoms with Crippen LogP contribution in [0.25, 0.3) is 0 Å². The van der Waals surface area contributed by atoms with Gasteiger partial charge in [-0.15, -0.1) is 0 Å². The van der Waals surface area contributed by atoms with E-state index in [1.807, 2.05) is 0 Å². The van der Waals surface area contributed by atoms with Crippen LogP contribution in [0.1, 0.15) is 124 Å². The van der Waals surface area contributed by atoms with Crippen LogP contribution in [0.2, 0.25) is 0 Å². The second kappa shape index (κ2) is 45.0. The number of benzene rings is 1. The van der Waals surface area contributed by atoms with E-state index in [2.05, 4.69) is 41.9 Å². The van der Waals surface area contributed by atoms with Crippen molar-refractivity contribution in [2.45, 2.75) is 173 Å². The molecule has 1 aromatic carbocycles. The summed E-state index contributed by atoms with van der Waals surface area (Å²) in [5.41, 5.74) is 23.1. The highest BCUT2D eigenvalue weighted by Crippen LogP contribution is 2.25. The van der Waals surface area contributed by atoms with Gasteiger partial charge in [0.15, 0.2) is 11.9 Å². The Morgan fingerprint density at radius 2 is 1.02 bits per heavy atom. The zero-order valence-electron chi connectivity index (χ0n) is 61.4. The molecule has 37 nitrogen and oxygen atoms in total. The van der Waals surface area contributed by atoms with E-state index in [0.29, 0.717) is 37.7 Å². The maximum atomic E-state index is 15.1. The van der Waals surface area contributed by atoms with Crippen LogP contribution in [0.4, 0.5) is 0 Å². The Kier molecular flexibility index (Phi) is 37.7. The Labute approximate surface area is 612 Å². The number of aliphatic imine (C=N–C) groups is 2. The van der Waals surface area contributed by atoms with Crippen molar-refractivity contribution in [3.05, 3.63) is 29.8 Å². The standard InChI is InChI=1S/C68H113N19O18/c1-7-43(4)58(62(100)79-50(66(104)105)36-42(2)3)80-59(97)49(37-45-19-21-46(89)22-20-45)78-61(99)52-17-12-26-86(52)64(102)48(15-10-24-74-67(69)70)77-60(98)51(16-11-25-75-68(71)72)81(6)65(103)53-18-13-27-87(53)63(101)47(76-44(5)88)14-8-9-23-73-54(90)38-82-28-30-83(39-55(91)92)32-34-85(41-57(95)96)35-33-84(31-29-82)40-56(93)94/h19-22,42-43,47-53,58,89H,7-18,23-41H2,1-6H3,(H,73,90)(H,76,88)(H,77,98)(H,78,99)(H,79,100)(H,80,97)(H,91,92)(H,93,94)(H,95,96)(H,104,105)(H4,69,70,74)(H4,71,72,75)/t43-,47-,48-,49-,50-,51-,52-,53-,58-/m0/s1. The number of aliphatic carboxylic acids is 4. The van der Waals surface area contributed by atoms with Crippen LogP contribution in [0.3, 0.4) is 0 Å². The number of amides is 9. The highest BCUT2D eigenvalue weighted by Gasteiger charge is 2.44. The number of aromatic hydroxyl groups is 1. The number of phenols is 1. The third-order valence-electron chi connectivity index (χ3n) is 18.7. The number of unbranched alkanes of at least 4 members (excludes halogenated alkanes) is 1. The molecule has 3 aliphatic rings. The van der Waals surface area contributed by atoms with Crippen molar-refractivity contribution in [1.29, 1.82) is 0 Å². The average molecular weight is 1480 g/mol. The van der Waals surface area contributed by atoms with Gasteiger partial charge in [0.1, 0.15) is 54.1 Å². The Bertz CT molecular complexity index is 3120. The molecule has 3 heterocycles. The number of likely N-dealkylation sites (tertiary alicyclic amines) is 2. The van der Waals surface area contributed by atoms with Crippen LogP contribution in [-0.4, -0.2) is 315 Å². The molecule has 3 fully saturated rings. The van der Waals surface area contributed by atoms with Crippen molar-refractivity contribution >= 4 is 89.0 Å². The summed E-state index contributed by atoms with van der Waals surface area (Å²) in [6, 6.07) is -4.17. The largest absolute Gasteiger partial charge is 0.508 e. The number of carboxylic acid groups (broad SMARTS) is 4. The Morgan fingerprint density at radius 3 is 1.50 bits per heavy atom. The van der Waals surface area contributed by atoms with Gasteiger partial charge in [-0.1, -0.05) is 46.2 Å². The number of hydrogen-bond donors (Lipinski definition) is 15. The van der Waals surface area contributed by atoms with Gasteiger partial charge < -0.3 is 95.1 Å². The first kappa shape index (κ1) is 87.9. The van der Waals surface area contributed by atoms with Crippen LogP contribution in [0.15, 0.2) is 34.3 Å². The maximum absolute atomic E-state index is 15.1. The molecule has 37 heteroatoms. The summed E-state index contributed by atoms with van der Waals surface area (Å²) in [7, 11) is 1.38. The lowest BCUT2D eigenvalue weighted by Crippen LogP contribution is -2.60. The van der Waals surface area contributed by atoms with E-state index in [4.69, 9.17) is 22.9 Å². The van der Waals surface area contributed by atoms with Crippen molar-refractivity contribution in [2.24, 2.45) is 44.8 Å². The molecule has 0 saturated carbocycles. The van der Waals surface area contributed by atoms with Gasteiger partial charge in [0, 0.05) is 105 Å². The lowest BCUT2D eigenvalue weighted by atomic mass is 9.96. The smallest absolute Gasteiger partial charge is 0.326 e. The number of carbonyl (C=O) groups excluding carboxylic acids is 9. The number of carbonyl (C=O) groups is 13. The molecule has 3 saturated heterocycles. The van der Waals surface area contributed by atoms with Crippen LogP contribution in [-0.2, 0) is 68.7 Å². The lowest BCUT2D eigenvalue weighted by molar-refractivity contribution is -0.149. The molecule has 0 radical (unpaired) electrons. The second-order valence-electron chi connectivity index (χ2n) is 27.5. The summed E-state index contributed by atoms with van der Waals surface area (Å²) in [6.45, 7) is 9.23. The normalized spacial score (nSPS) is 18.4. The number of likely N-dealkylation sites (N-methyl/N-ethyl adjacent to an activating group) is 1. The highest BCUT2D eigenvalue weighted by molar-refractivity contribution is 5.98. The maximum Gasteiger partial charge on any atom is 0.326 e. The SMILES string of the molecule is CC[C@H](C)[C@H](NC(=O)[C@H](Cc1ccc(O)cc1)NC(=O)[C@@H]1CCCN1C(=O)[C@H](CCCN=C(N)N)NC(=O)[C@H](CCCN=C(N)N)N(C)C(=O)[C@@H]1CCCN1C(=O)[C@H](CCCCNC(=O)CN1CCN(CC(=O)O)CCN(CC(=O)O)CCN(CC(=O)O)CC1)NC(C)=O)C(=O)N[C@@H](CC(C)C)C(=O)O. The molecule has 0 bridgehead atoms. The number of phenolic OH excluding ortho intramolecular Hbond substituents is 1. The number of carboxylic acids is 4. The van der Waals surface area contributed by atoms with Crippen molar-refractivity contribution in [1.82, 2.24) is 66.2 Å². The first-order valence-corrected chi connectivity index (χ1v) is 36.0. The number of guanidine groups is 2. The lowest BCUT2D eigenvalue weighted by Gasteiger charge is -2.35. The fourth-order valence-corrected chi connectivity index (χ4v) is 12.9. The molecule has 588 valence electrons. The summed E-state index contributed by atoms with van der Waals surface area (Å²) < 4.78 is 0. The zero-order chi connectivity index (χ0) is 78.0. The monoisotopic (exact) mass is 1480 g/mol. The number of nitrogens with two attached hydrogens (primary N) is 4.